The summed E-state index contributed by atoms with van der Waals surface area (Å²) in [5.41, 5.74) is 25.2. The number of unbranched alkanes of at least 4 members (excludes halogenated alkanes) is 1. The lowest BCUT2D eigenvalue weighted by Gasteiger charge is -2.17. The minimum absolute atomic E-state index is 0.152. The zero-order valence-corrected chi connectivity index (χ0v) is 20.9. The van der Waals surface area contributed by atoms with Crippen LogP contribution in [-0.4, -0.2) is 68.5 Å². The molecule has 0 radical (unpaired) electrons. The molecule has 4 atom stereocenters. The number of hydrogen-bond acceptors (Lipinski definition) is 8. The summed E-state index contributed by atoms with van der Waals surface area (Å²) in [7, 11) is 0. The molecule has 208 valence electrons. The summed E-state index contributed by atoms with van der Waals surface area (Å²) in [6.45, 7) is 0.514. The van der Waals surface area contributed by atoms with E-state index in [0.29, 0.717) is 51.5 Å². The van der Waals surface area contributed by atoms with Crippen molar-refractivity contribution < 1.29 is 44.2 Å². The van der Waals surface area contributed by atoms with E-state index in [1.807, 2.05) is 16.8 Å². The third-order valence-electron chi connectivity index (χ3n) is 6.33. The van der Waals surface area contributed by atoms with Gasteiger partial charge in [-0.3, -0.25) is 19.2 Å². The van der Waals surface area contributed by atoms with Gasteiger partial charge in [0.15, 0.2) is 11.9 Å². The Morgan fingerprint density at radius 1 is 0.649 bits per heavy atom. The molecule has 1 aromatic rings. The predicted octanol–water partition coefficient (Wildman–Crippen LogP) is -1.02. The SMILES string of the molecule is NC(CCCc1c(CCC(N)C(=O)O)cc[n+](CCCC[C@H](N)C(=O)O)c1CCC(N)C(=O)O)C(=O)O. The minimum atomic E-state index is -1.13. The van der Waals surface area contributed by atoms with Gasteiger partial charge in [-0.1, -0.05) is 0 Å². The summed E-state index contributed by atoms with van der Waals surface area (Å²) in [6, 6.07) is -2.26. The molecular formula is C24H40N5O8+. The molecule has 0 saturated heterocycles. The zero-order chi connectivity index (χ0) is 28.1. The third-order valence-corrected chi connectivity index (χ3v) is 6.33. The van der Waals surface area contributed by atoms with Crippen LogP contribution in [0.5, 0.6) is 0 Å². The molecule has 37 heavy (non-hydrogen) atoms. The van der Waals surface area contributed by atoms with Gasteiger partial charge < -0.3 is 43.4 Å². The number of carbonyl (C=O) groups is 4. The van der Waals surface area contributed by atoms with Crippen LogP contribution in [0.2, 0.25) is 0 Å². The smallest absolute Gasteiger partial charge is 0.320 e. The molecule has 13 nitrogen and oxygen atoms in total. The second-order valence-electron chi connectivity index (χ2n) is 9.20. The molecule has 0 aliphatic heterocycles. The van der Waals surface area contributed by atoms with E-state index in [0.717, 1.165) is 16.8 Å². The van der Waals surface area contributed by atoms with Crippen molar-refractivity contribution in [2.75, 3.05) is 0 Å². The number of aromatic nitrogens is 1. The van der Waals surface area contributed by atoms with E-state index in [4.69, 9.17) is 38.3 Å². The summed E-state index contributed by atoms with van der Waals surface area (Å²) in [6.07, 6.45) is 5.44. The van der Waals surface area contributed by atoms with E-state index >= 15 is 0 Å². The van der Waals surface area contributed by atoms with Crippen LogP contribution >= 0.6 is 0 Å². The maximum atomic E-state index is 11.3. The Morgan fingerprint density at radius 2 is 1.11 bits per heavy atom. The number of carboxylic acids is 4. The summed E-state index contributed by atoms with van der Waals surface area (Å²) < 4.78 is 1.95. The maximum absolute atomic E-state index is 11.3. The van der Waals surface area contributed by atoms with Gasteiger partial charge in [-0.05, 0) is 56.9 Å². The first-order chi connectivity index (χ1) is 17.3. The van der Waals surface area contributed by atoms with E-state index in [9.17, 15) is 24.3 Å². The van der Waals surface area contributed by atoms with Crippen molar-refractivity contribution in [2.45, 2.75) is 94.9 Å². The van der Waals surface area contributed by atoms with E-state index in [2.05, 4.69) is 0 Å². The largest absolute Gasteiger partial charge is 0.480 e. The van der Waals surface area contributed by atoms with Crippen molar-refractivity contribution in [3.63, 3.8) is 0 Å². The monoisotopic (exact) mass is 526 g/mol. The fraction of sp³-hybridized carbons (Fsp3) is 0.625. The number of nitrogens with two attached hydrogens (primary N) is 4. The summed E-state index contributed by atoms with van der Waals surface area (Å²) in [4.78, 5) is 44.6. The molecule has 13 heteroatoms. The van der Waals surface area contributed by atoms with E-state index < -0.39 is 48.0 Å². The van der Waals surface area contributed by atoms with Crippen LogP contribution in [0.4, 0.5) is 0 Å². The van der Waals surface area contributed by atoms with E-state index in [1.54, 1.807) is 0 Å². The number of aryl methyl sites for hydroxylation is 2. The van der Waals surface area contributed by atoms with Gasteiger partial charge in [0.05, 0.1) is 0 Å². The van der Waals surface area contributed by atoms with Gasteiger partial charge in [0.25, 0.3) is 0 Å². The molecule has 0 fully saturated rings. The van der Waals surface area contributed by atoms with E-state index in [1.165, 1.54) is 0 Å². The molecule has 0 spiro atoms. The highest BCUT2D eigenvalue weighted by Gasteiger charge is 2.24. The Morgan fingerprint density at radius 3 is 1.62 bits per heavy atom. The lowest BCUT2D eigenvalue weighted by molar-refractivity contribution is -0.705. The first-order valence-corrected chi connectivity index (χ1v) is 12.3. The van der Waals surface area contributed by atoms with Crippen molar-refractivity contribution in [1.29, 1.82) is 0 Å². The van der Waals surface area contributed by atoms with Crippen LogP contribution in [0.1, 0.15) is 61.8 Å². The topological polar surface area (TPSA) is 257 Å². The first-order valence-electron chi connectivity index (χ1n) is 12.3. The standard InChI is InChI=1S/C24H39N5O8/c25-16(21(30)31)5-1-2-12-29-13-11-14(7-8-18(27)23(34)35)15(4-3-6-17(26)22(32)33)20(29)10-9-19(28)24(36)37/h11,13,16-19H,1-10,12,25-28H2,(H3-,30,31,32,33,34,35,36,37)/p+1/t16-,17?,18?,19?/m0/s1. The lowest BCUT2D eigenvalue weighted by Crippen LogP contribution is -2.41. The number of aliphatic carboxylic acids is 4. The molecule has 0 aliphatic carbocycles. The van der Waals surface area contributed by atoms with Crippen molar-refractivity contribution in [3.8, 4) is 0 Å². The van der Waals surface area contributed by atoms with Gasteiger partial charge >= 0.3 is 23.9 Å². The highest BCUT2D eigenvalue weighted by atomic mass is 16.4. The predicted molar refractivity (Wildman–Crippen MR) is 133 cm³/mol. The molecule has 0 saturated carbocycles. The maximum Gasteiger partial charge on any atom is 0.320 e. The number of carboxylic acid groups (broad SMARTS) is 4. The molecule has 3 unspecified atom stereocenters. The molecule has 1 rings (SSSR count). The second kappa shape index (κ2) is 15.9. The Bertz CT molecular complexity index is 942. The third kappa shape index (κ3) is 11.2. The van der Waals surface area contributed by atoms with Crippen molar-refractivity contribution in [3.05, 3.63) is 29.1 Å². The Labute approximate surface area is 215 Å². The molecule has 0 aromatic carbocycles. The van der Waals surface area contributed by atoms with E-state index in [-0.39, 0.29) is 19.3 Å². The Hall–Kier alpha value is -3.13. The van der Waals surface area contributed by atoms with Gasteiger partial charge in [0.2, 0.25) is 0 Å². The Balaban J connectivity index is 3.26. The fourth-order valence-corrected chi connectivity index (χ4v) is 4.01. The number of nitrogens with zero attached hydrogens (tertiary/aromatic N) is 1. The quantitative estimate of drug-likeness (QED) is 0.0795. The summed E-state index contributed by atoms with van der Waals surface area (Å²) in [5.74, 6) is -4.43. The number of rotatable bonds is 19. The van der Waals surface area contributed by atoms with Crippen LogP contribution in [-0.2, 0) is 45.0 Å². The van der Waals surface area contributed by atoms with Crippen LogP contribution < -0.4 is 27.5 Å². The minimum Gasteiger partial charge on any atom is -0.480 e. The van der Waals surface area contributed by atoms with Gasteiger partial charge in [0.1, 0.15) is 30.7 Å². The van der Waals surface area contributed by atoms with Crippen LogP contribution in [0.15, 0.2) is 12.3 Å². The zero-order valence-electron chi connectivity index (χ0n) is 20.9. The van der Waals surface area contributed by atoms with Crippen molar-refractivity contribution >= 4 is 23.9 Å². The first kappa shape index (κ1) is 31.9. The molecule has 12 N–H and O–H groups in total. The summed E-state index contributed by atoms with van der Waals surface area (Å²) >= 11 is 0. The second-order valence-corrected chi connectivity index (χ2v) is 9.20. The average molecular weight is 527 g/mol. The molecule has 0 bridgehead atoms. The van der Waals surface area contributed by atoms with Gasteiger partial charge in [-0.25, -0.2) is 4.57 Å². The molecule has 0 amide bonds. The highest BCUT2D eigenvalue weighted by Crippen LogP contribution is 2.20. The van der Waals surface area contributed by atoms with Crippen LogP contribution in [0.3, 0.4) is 0 Å². The molecule has 0 aliphatic rings. The van der Waals surface area contributed by atoms with Gasteiger partial charge in [-0.2, -0.15) is 0 Å². The normalized spacial score (nSPS) is 14.5. The molecular weight excluding hydrogens is 486 g/mol. The highest BCUT2D eigenvalue weighted by molar-refractivity contribution is 5.74. The van der Waals surface area contributed by atoms with Crippen molar-refractivity contribution in [2.24, 2.45) is 22.9 Å². The molecule has 1 aromatic heterocycles. The summed E-state index contributed by atoms with van der Waals surface area (Å²) in [5, 5.41) is 36.5. The van der Waals surface area contributed by atoms with Crippen molar-refractivity contribution in [1.82, 2.24) is 0 Å². The Kier molecular flexibility index (Phi) is 13.7. The molecule has 1 heterocycles. The number of pyridine rings is 1. The lowest BCUT2D eigenvalue weighted by atomic mass is 9.92. The van der Waals surface area contributed by atoms with Gasteiger partial charge in [0, 0.05) is 24.5 Å². The average Bonchev–Trinajstić information content (AvgIpc) is 2.83. The van der Waals surface area contributed by atoms with Crippen LogP contribution in [0, 0.1) is 0 Å². The van der Waals surface area contributed by atoms with Gasteiger partial charge in [-0.15, -0.1) is 0 Å². The van der Waals surface area contributed by atoms with Crippen LogP contribution in [0.25, 0.3) is 0 Å². The number of hydrogen-bond donors (Lipinski definition) is 8. The fourth-order valence-electron chi connectivity index (χ4n) is 4.01.